The number of carbonyl (C=O) groups excluding carboxylic acids is 2. The Morgan fingerprint density at radius 2 is 1.95 bits per heavy atom. The van der Waals surface area contributed by atoms with Crippen LogP contribution in [0.3, 0.4) is 0 Å². The molecule has 0 fully saturated rings. The highest BCUT2D eigenvalue weighted by molar-refractivity contribution is 5.88. The fraction of sp³-hybridized carbons (Fsp3) is 0.231. The van der Waals surface area contributed by atoms with E-state index in [0.29, 0.717) is 11.5 Å². The van der Waals surface area contributed by atoms with E-state index in [2.05, 4.69) is 10.1 Å². The third kappa shape index (κ3) is 3.22. The second-order valence-corrected chi connectivity index (χ2v) is 4.32. The molecule has 1 aromatic carbocycles. The average Bonchev–Trinajstić information content (AvgIpc) is 2.81. The molecule has 0 aliphatic rings. The van der Waals surface area contributed by atoms with Gasteiger partial charge in [0.2, 0.25) is 0 Å². The smallest absolute Gasteiger partial charge is 0.379 e. The summed E-state index contributed by atoms with van der Waals surface area (Å²) in [6.45, 7) is 2.98. The lowest BCUT2D eigenvalue weighted by Crippen LogP contribution is -2.30. The lowest BCUT2D eigenvalue weighted by Gasteiger charge is -2.06. The Kier molecular flexibility index (Phi) is 3.97. The molecule has 110 valence electrons. The van der Waals surface area contributed by atoms with Crippen molar-refractivity contribution < 1.29 is 18.7 Å². The third-order valence-corrected chi connectivity index (χ3v) is 2.71. The van der Waals surface area contributed by atoms with Crippen LogP contribution in [0, 0.1) is 12.7 Å². The van der Waals surface area contributed by atoms with E-state index in [-0.39, 0.29) is 11.6 Å². The first-order valence-corrected chi connectivity index (χ1v) is 6.08. The van der Waals surface area contributed by atoms with Crippen LogP contribution < -0.4 is 5.73 Å². The van der Waals surface area contributed by atoms with Gasteiger partial charge in [0.25, 0.3) is 11.7 Å². The van der Waals surface area contributed by atoms with Crippen LogP contribution in [0.4, 0.5) is 4.39 Å². The molecule has 1 atom stereocenters. The Balaban J connectivity index is 2.25. The molecule has 1 unspecified atom stereocenters. The van der Waals surface area contributed by atoms with Crippen LogP contribution in [0.5, 0.6) is 0 Å². The lowest BCUT2D eigenvalue weighted by atomic mass is 10.3. The predicted molar refractivity (Wildman–Crippen MR) is 70.1 cm³/mol. The summed E-state index contributed by atoms with van der Waals surface area (Å²) in [5, 5.41) is 3.98. The summed E-state index contributed by atoms with van der Waals surface area (Å²) in [5.74, 6) is -1.79. The maximum absolute atomic E-state index is 12.9. The van der Waals surface area contributed by atoms with Gasteiger partial charge in [0.15, 0.2) is 6.10 Å². The number of carbonyl (C=O) groups is 2. The highest BCUT2D eigenvalue weighted by Crippen LogP contribution is 2.11. The minimum Gasteiger partial charge on any atom is -0.447 e. The fourth-order valence-electron chi connectivity index (χ4n) is 1.57. The predicted octanol–water partition coefficient (Wildman–Crippen LogP) is 0.745. The maximum Gasteiger partial charge on any atom is 0.379 e. The normalized spacial score (nSPS) is 12.0. The summed E-state index contributed by atoms with van der Waals surface area (Å²) < 4.78 is 19.1. The zero-order valence-corrected chi connectivity index (χ0v) is 11.4. The van der Waals surface area contributed by atoms with Crippen molar-refractivity contribution in [3.8, 4) is 5.69 Å². The molecule has 21 heavy (non-hydrogen) atoms. The van der Waals surface area contributed by atoms with E-state index < -0.39 is 18.0 Å². The largest absolute Gasteiger partial charge is 0.447 e. The van der Waals surface area contributed by atoms with E-state index in [1.807, 2.05) is 0 Å². The molecular formula is C13H13FN4O3. The summed E-state index contributed by atoms with van der Waals surface area (Å²) >= 11 is 0. The van der Waals surface area contributed by atoms with Crippen molar-refractivity contribution in [2.24, 2.45) is 5.73 Å². The standard InChI is InChI=1S/C13H13FN4O3/c1-7(11(15)19)21-13(20)12-16-8(2)18(17-12)10-5-3-9(14)4-6-10/h3-7H,1-2H3,(H2,15,19). The van der Waals surface area contributed by atoms with Crippen LogP contribution in [0.2, 0.25) is 0 Å². The number of nitrogens with zero attached hydrogens (tertiary/aromatic N) is 3. The first-order chi connectivity index (χ1) is 9.88. The van der Waals surface area contributed by atoms with Gasteiger partial charge in [-0.25, -0.2) is 18.9 Å². The van der Waals surface area contributed by atoms with Gasteiger partial charge >= 0.3 is 5.97 Å². The van der Waals surface area contributed by atoms with Gasteiger partial charge in [-0.2, -0.15) is 0 Å². The van der Waals surface area contributed by atoms with Gasteiger partial charge in [0.05, 0.1) is 5.69 Å². The molecule has 0 saturated heterocycles. The number of amides is 1. The van der Waals surface area contributed by atoms with E-state index in [9.17, 15) is 14.0 Å². The van der Waals surface area contributed by atoms with Crippen molar-refractivity contribution in [1.82, 2.24) is 14.8 Å². The number of halogens is 1. The number of ether oxygens (including phenoxy) is 1. The van der Waals surface area contributed by atoms with Gasteiger partial charge in [0.1, 0.15) is 11.6 Å². The molecule has 1 heterocycles. The number of benzene rings is 1. The monoisotopic (exact) mass is 292 g/mol. The Morgan fingerprint density at radius 3 is 2.52 bits per heavy atom. The molecule has 0 bridgehead atoms. The van der Waals surface area contributed by atoms with E-state index in [1.165, 1.54) is 35.9 Å². The highest BCUT2D eigenvalue weighted by Gasteiger charge is 2.21. The highest BCUT2D eigenvalue weighted by atomic mass is 19.1. The lowest BCUT2D eigenvalue weighted by molar-refractivity contribution is -0.125. The topological polar surface area (TPSA) is 100 Å². The van der Waals surface area contributed by atoms with E-state index in [1.54, 1.807) is 6.92 Å². The SMILES string of the molecule is Cc1nc(C(=O)OC(C)C(N)=O)nn1-c1ccc(F)cc1. The number of rotatable bonds is 4. The van der Waals surface area contributed by atoms with Gasteiger partial charge < -0.3 is 10.5 Å². The van der Waals surface area contributed by atoms with E-state index in [0.717, 1.165) is 0 Å². The van der Waals surface area contributed by atoms with Crippen LogP contribution in [-0.4, -0.2) is 32.7 Å². The van der Waals surface area contributed by atoms with Gasteiger partial charge in [0, 0.05) is 0 Å². The Bertz CT molecular complexity index is 681. The number of aromatic nitrogens is 3. The van der Waals surface area contributed by atoms with Crippen molar-refractivity contribution in [2.75, 3.05) is 0 Å². The van der Waals surface area contributed by atoms with Crippen molar-refractivity contribution in [1.29, 1.82) is 0 Å². The van der Waals surface area contributed by atoms with Crippen molar-refractivity contribution in [3.05, 3.63) is 41.7 Å². The summed E-state index contributed by atoms with van der Waals surface area (Å²) in [6, 6.07) is 5.53. The minimum atomic E-state index is -1.07. The molecule has 7 nitrogen and oxygen atoms in total. The van der Waals surface area contributed by atoms with Crippen molar-refractivity contribution in [2.45, 2.75) is 20.0 Å². The molecule has 0 aliphatic carbocycles. The van der Waals surface area contributed by atoms with Crippen LogP contribution in [0.1, 0.15) is 23.4 Å². The number of hydrogen-bond acceptors (Lipinski definition) is 5. The summed E-state index contributed by atoms with van der Waals surface area (Å²) in [7, 11) is 0. The van der Waals surface area contributed by atoms with Crippen molar-refractivity contribution >= 4 is 11.9 Å². The van der Waals surface area contributed by atoms with Gasteiger partial charge in [-0.1, -0.05) is 0 Å². The minimum absolute atomic E-state index is 0.204. The Hall–Kier alpha value is -2.77. The number of nitrogens with two attached hydrogens (primary N) is 1. The molecule has 1 amide bonds. The van der Waals surface area contributed by atoms with Crippen LogP contribution in [-0.2, 0) is 9.53 Å². The number of hydrogen-bond donors (Lipinski definition) is 1. The first-order valence-electron chi connectivity index (χ1n) is 6.08. The summed E-state index contributed by atoms with van der Waals surface area (Å²) in [6.07, 6.45) is -1.07. The zero-order chi connectivity index (χ0) is 15.6. The molecule has 2 N–H and O–H groups in total. The quantitative estimate of drug-likeness (QED) is 0.838. The summed E-state index contributed by atoms with van der Waals surface area (Å²) in [5.41, 5.74) is 5.55. The Morgan fingerprint density at radius 1 is 1.33 bits per heavy atom. The molecule has 2 aromatic rings. The van der Waals surface area contributed by atoms with E-state index >= 15 is 0 Å². The number of primary amides is 1. The molecule has 1 aromatic heterocycles. The third-order valence-electron chi connectivity index (χ3n) is 2.71. The maximum atomic E-state index is 12.9. The van der Waals surface area contributed by atoms with Crippen LogP contribution in [0.15, 0.2) is 24.3 Å². The fourth-order valence-corrected chi connectivity index (χ4v) is 1.57. The van der Waals surface area contributed by atoms with Gasteiger partial charge in [-0.3, -0.25) is 4.79 Å². The van der Waals surface area contributed by atoms with Crippen molar-refractivity contribution in [3.63, 3.8) is 0 Å². The average molecular weight is 292 g/mol. The number of aryl methyl sites for hydroxylation is 1. The first kappa shape index (κ1) is 14.6. The second kappa shape index (κ2) is 5.70. The Labute approximate surface area is 119 Å². The van der Waals surface area contributed by atoms with Crippen LogP contribution in [0.25, 0.3) is 5.69 Å². The zero-order valence-electron chi connectivity index (χ0n) is 11.4. The number of esters is 1. The summed E-state index contributed by atoms with van der Waals surface area (Å²) in [4.78, 5) is 26.6. The molecule has 0 saturated carbocycles. The van der Waals surface area contributed by atoms with E-state index in [4.69, 9.17) is 10.5 Å². The van der Waals surface area contributed by atoms with Gasteiger partial charge in [-0.05, 0) is 38.1 Å². The molecule has 8 heteroatoms. The molecular weight excluding hydrogens is 279 g/mol. The second-order valence-electron chi connectivity index (χ2n) is 4.32. The molecule has 0 radical (unpaired) electrons. The molecule has 0 aliphatic heterocycles. The molecule has 0 spiro atoms. The molecule has 2 rings (SSSR count). The van der Waals surface area contributed by atoms with Crippen LogP contribution >= 0.6 is 0 Å². The van der Waals surface area contributed by atoms with Gasteiger partial charge in [-0.15, -0.1) is 5.10 Å².